The summed E-state index contributed by atoms with van der Waals surface area (Å²) in [5, 5.41) is 7.47. The summed E-state index contributed by atoms with van der Waals surface area (Å²) in [5.74, 6) is 0.671. The molecule has 0 saturated heterocycles. The van der Waals surface area contributed by atoms with Crippen LogP contribution < -0.4 is 10.6 Å². The number of rotatable bonds is 8. The highest BCUT2D eigenvalue weighted by Gasteiger charge is 2.07. The van der Waals surface area contributed by atoms with Crippen molar-refractivity contribution in [2.45, 2.75) is 12.8 Å². The summed E-state index contributed by atoms with van der Waals surface area (Å²) in [6.07, 6.45) is 5.33. The van der Waals surface area contributed by atoms with Crippen LogP contribution in [0.2, 0.25) is 0 Å². The number of hydrogen-bond donors (Lipinski definition) is 3. The Kier molecular flexibility index (Phi) is 5.86. The molecule has 3 N–H and O–H groups in total. The van der Waals surface area contributed by atoms with Gasteiger partial charge in [-0.3, -0.25) is 4.79 Å². The number of pyridine rings is 1. The van der Waals surface area contributed by atoms with E-state index in [1.54, 1.807) is 12.3 Å². The van der Waals surface area contributed by atoms with Crippen molar-refractivity contribution < 1.29 is 4.79 Å². The summed E-state index contributed by atoms with van der Waals surface area (Å²) in [4.78, 5) is 20.0. The number of amides is 1. The van der Waals surface area contributed by atoms with E-state index in [1.165, 1.54) is 16.5 Å². The molecule has 0 fully saturated rings. The molecule has 4 rings (SSSR count). The third kappa shape index (κ3) is 4.82. The molecule has 0 aliphatic rings. The van der Waals surface area contributed by atoms with Crippen molar-refractivity contribution in [2.75, 3.05) is 18.4 Å². The Balaban J connectivity index is 1.24. The van der Waals surface area contributed by atoms with E-state index in [2.05, 4.69) is 44.9 Å². The van der Waals surface area contributed by atoms with E-state index in [0.29, 0.717) is 12.1 Å². The van der Waals surface area contributed by atoms with Gasteiger partial charge in [-0.2, -0.15) is 0 Å². The number of hydrogen-bond acceptors (Lipinski definition) is 3. The maximum atomic E-state index is 12.4. The van der Waals surface area contributed by atoms with Crippen LogP contribution in [0.3, 0.4) is 0 Å². The van der Waals surface area contributed by atoms with Crippen LogP contribution in [0, 0.1) is 0 Å². The smallest absolute Gasteiger partial charge is 0.252 e. The number of carbonyl (C=O) groups is 1. The van der Waals surface area contributed by atoms with Gasteiger partial charge in [0.05, 0.1) is 5.56 Å². The minimum Gasteiger partial charge on any atom is -0.370 e. The third-order valence-corrected chi connectivity index (χ3v) is 4.94. The molecule has 0 bridgehead atoms. The summed E-state index contributed by atoms with van der Waals surface area (Å²) < 4.78 is 0. The first-order chi connectivity index (χ1) is 14.3. The molecule has 2 aromatic heterocycles. The van der Waals surface area contributed by atoms with Crippen LogP contribution in [0.4, 0.5) is 5.82 Å². The summed E-state index contributed by atoms with van der Waals surface area (Å²) in [6, 6.07) is 22.2. The molecule has 0 saturated carbocycles. The number of fused-ring (bicyclic) bond motifs is 1. The number of aromatic nitrogens is 2. The zero-order chi connectivity index (χ0) is 19.9. The second-order valence-electron chi connectivity index (χ2n) is 6.96. The van der Waals surface area contributed by atoms with Crippen molar-refractivity contribution in [3.63, 3.8) is 0 Å². The molecule has 1 amide bonds. The van der Waals surface area contributed by atoms with Gasteiger partial charge in [-0.25, -0.2) is 4.98 Å². The lowest BCUT2D eigenvalue weighted by Gasteiger charge is -2.08. The van der Waals surface area contributed by atoms with E-state index in [9.17, 15) is 4.79 Å². The SMILES string of the molecule is O=C(NCCc1c[nH]c2ccccc12)c1ccc(NCCc2ccccc2)nc1. The van der Waals surface area contributed by atoms with Gasteiger partial charge in [0.15, 0.2) is 0 Å². The topological polar surface area (TPSA) is 69.8 Å². The Morgan fingerprint density at radius 1 is 0.897 bits per heavy atom. The predicted octanol–water partition coefficient (Wildman–Crippen LogP) is 4.19. The van der Waals surface area contributed by atoms with Gasteiger partial charge in [0.2, 0.25) is 0 Å². The molecular formula is C24H24N4O. The number of anilines is 1. The fourth-order valence-corrected chi connectivity index (χ4v) is 3.36. The lowest BCUT2D eigenvalue weighted by atomic mass is 10.1. The average Bonchev–Trinajstić information content (AvgIpc) is 3.18. The summed E-state index contributed by atoms with van der Waals surface area (Å²) in [7, 11) is 0. The van der Waals surface area contributed by atoms with Gasteiger partial charge < -0.3 is 15.6 Å². The van der Waals surface area contributed by atoms with Gasteiger partial charge in [-0.05, 0) is 42.2 Å². The number of nitrogens with zero attached hydrogens (tertiary/aromatic N) is 1. The van der Waals surface area contributed by atoms with E-state index in [0.717, 1.165) is 30.7 Å². The molecule has 0 unspecified atom stereocenters. The maximum Gasteiger partial charge on any atom is 0.252 e. The molecule has 0 radical (unpaired) electrons. The van der Waals surface area contributed by atoms with Crippen LogP contribution in [-0.2, 0) is 12.8 Å². The number of H-pyrrole nitrogens is 1. The maximum absolute atomic E-state index is 12.4. The summed E-state index contributed by atoms with van der Waals surface area (Å²) in [5.41, 5.74) is 4.18. The number of aromatic amines is 1. The van der Waals surface area contributed by atoms with Crippen molar-refractivity contribution in [3.05, 3.63) is 95.8 Å². The summed E-state index contributed by atoms with van der Waals surface area (Å²) >= 11 is 0. The molecule has 5 nitrogen and oxygen atoms in total. The van der Waals surface area contributed by atoms with E-state index < -0.39 is 0 Å². The van der Waals surface area contributed by atoms with Crippen molar-refractivity contribution in [3.8, 4) is 0 Å². The molecule has 4 aromatic rings. The zero-order valence-electron chi connectivity index (χ0n) is 16.2. The molecule has 146 valence electrons. The minimum absolute atomic E-state index is 0.104. The fraction of sp³-hybridized carbons (Fsp3) is 0.167. The average molecular weight is 384 g/mol. The molecule has 29 heavy (non-hydrogen) atoms. The molecule has 0 atom stereocenters. The highest BCUT2D eigenvalue weighted by molar-refractivity contribution is 5.94. The lowest BCUT2D eigenvalue weighted by Crippen LogP contribution is -2.25. The number of nitrogens with one attached hydrogen (secondary N) is 3. The van der Waals surface area contributed by atoms with Gasteiger partial charge in [-0.15, -0.1) is 0 Å². The van der Waals surface area contributed by atoms with Crippen LogP contribution in [0.25, 0.3) is 10.9 Å². The van der Waals surface area contributed by atoms with E-state index in [4.69, 9.17) is 0 Å². The Bertz CT molecular complexity index is 1070. The van der Waals surface area contributed by atoms with Crippen molar-refractivity contribution in [1.29, 1.82) is 0 Å². The highest BCUT2D eigenvalue weighted by Crippen LogP contribution is 2.17. The zero-order valence-corrected chi connectivity index (χ0v) is 16.2. The largest absolute Gasteiger partial charge is 0.370 e. The first kappa shape index (κ1) is 18.7. The van der Waals surface area contributed by atoms with Gasteiger partial charge in [0, 0.05) is 36.4 Å². The molecule has 2 aromatic carbocycles. The standard InChI is InChI=1S/C24H24N4O/c29-24(26-15-13-19-16-27-22-9-5-4-8-21(19)22)20-10-11-23(28-17-20)25-14-12-18-6-2-1-3-7-18/h1-11,16-17,27H,12-15H2,(H,25,28)(H,26,29). The predicted molar refractivity (Wildman–Crippen MR) is 117 cm³/mol. The molecule has 2 heterocycles. The van der Waals surface area contributed by atoms with Gasteiger partial charge >= 0.3 is 0 Å². The van der Waals surface area contributed by atoms with Crippen LogP contribution in [0.1, 0.15) is 21.5 Å². The Morgan fingerprint density at radius 2 is 1.72 bits per heavy atom. The monoisotopic (exact) mass is 384 g/mol. The van der Waals surface area contributed by atoms with Gasteiger partial charge in [0.1, 0.15) is 5.82 Å². The fourth-order valence-electron chi connectivity index (χ4n) is 3.36. The lowest BCUT2D eigenvalue weighted by molar-refractivity contribution is 0.0954. The Morgan fingerprint density at radius 3 is 2.55 bits per heavy atom. The number of benzene rings is 2. The molecule has 0 aliphatic carbocycles. The van der Waals surface area contributed by atoms with Crippen LogP contribution in [0.15, 0.2) is 79.1 Å². The van der Waals surface area contributed by atoms with Gasteiger partial charge in [0.25, 0.3) is 5.91 Å². The number of carbonyl (C=O) groups excluding carboxylic acids is 1. The van der Waals surface area contributed by atoms with Crippen LogP contribution in [0.5, 0.6) is 0 Å². The molecule has 0 spiro atoms. The quantitative estimate of drug-likeness (QED) is 0.427. The van der Waals surface area contributed by atoms with E-state index >= 15 is 0 Å². The third-order valence-electron chi connectivity index (χ3n) is 4.94. The first-order valence-electron chi connectivity index (χ1n) is 9.86. The molecule has 5 heteroatoms. The van der Waals surface area contributed by atoms with Crippen molar-refractivity contribution in [1.82, 2.24) is 15.3 Å². The first-order valence-corrected chi connectivity index (χ1v) is 9.86. The van der Waals surface area contributed by atoms with E-state index in [-0.39, 0.29) is 5.91 Å². The number of para-hydroxylation sites is 1. The van der Waals surface area contributed by atoms with Crippen LogP contribution >= 0.6 is 0 Å². The minimum atomic E-state index is -0.104. The normalized spacial score (nSPS) is 10.8. The molecular weight excluding hydrogens is 360 g/mol. The molecule has 0 aliphatic heterocycles. The van der Waals surface area contributed by atoms with E-state index in [1.807, 2.05) is 42.6 Å². The summed E-state index contributed by atoms with van der Waals surface area (Å²) in [6.45, 7) is 1.38. The van der Waals surface area contributed by atoms with Crippen LogP contribution in [-0.4, -0.2) is 29.0 Å². The second kappa shape index (κ2) is 9.06. The highest BCUT2D eigenvalue weighted by atomic mass is 16.1. The Labute approximate surface area is 170 Å². The van der Waals surface area contributed by atoms with Crippen molar-refractivity contribution >= 4 is 22.6 Å². The second-order valence-corrected chi connectivity index (χ2v) is 6.96. The van der Waals surface area contributed by atoms with Crippen molar-refractivity contribution in [2.24, 2.45) is 0 Å². The van der Waals surface area contributed by atoms with Gasteiger partial charge in [-0.1, -0.05) is 48.5 Å². The Hall–Kier alpha value is -3.60.